The van der Waals surface area contributed by atoms with Gasteiger partial charge in [0.05, 0.1) is 0 Å². The summed E-state index contributed by atoms with van der Waals surface area (Å²) in [5, 5.41) is 4.32. The Kier molecular flexibility index (Phi) is 6.67. The first-order valence-corrected chi connectivity index (χ1v) is 7.64. The molecule has 19 heavy (non-hydrogen) atoms. The van der Waals surface area contributed by atoms with Crippen molar-refractivity contribution in [3.8, 4) is 0 Å². The molecule has 2 nitrogen and oxygen atoms in total. The third kappa shape index (κ3) is 4.39. The Bertz CT molecular complexity index is 392. The maximum atomic E-state index is 6.43. The summed E-state index contributed by atoms with van der Waals surface area (Å²) in [6, 6.07) is 7.21. The van der Waals surface area contributed by atoms with Crippen molar-refractivity contribution in [1.29, 1.82) is 0 Å². The Hall–Kier alpha value is -0.730. The highest BCUT2D eigenvalue weighted by atomic mass is 35.5. The zero-order valence-electron chi connectivity index (χ0n) is 12.8. The molecule has 0 saturated heterocycles. The summed E-state index contributed by atoms with van der Waals surface area (Å²) >= 11 is 6.43. The van der Waals surface area contributed by atoms with Gasteiger partial charge in [0.25, 0.3) is 0 Å². The van der Waals surface area contributed by atoms with Gasteiger partial charge < -0.3 is 10.2 Å². The lowest BCUT2D eigenvalue weighted by molar-refractivity contribution is 0.570. The summed E-state index contributed by atoms with van der Waals surface area (Å²) in [4.78, 5) is 2.28. The highest BCUT2D eigenvalue weighted by Crippen LogP contribution is 2.28. The fourth-order valence-electron chi connectivity index (χ4n) is 2.09. The Morgan fingerprint density at radius 1 is 1.26 bits per heavy atom. The van der Waals surface area contributed by atoms with Crippen LogP contribution in [0.15, 0.2) is 18.2 Å². The first kappa shape index (κ1) is 16.3. The van der Waals surface area contributed by atoms with Crippen molar-refractivity contribution in [3.05, 3.63) is 28.8 Å². The Morgan fingerprint density at radius 2 is 1.95 bits per heavy atom. The highest BCUT2D eigenvalue weighted by Gasteiger charge is 2.13. The third-order valence-electron chi connectivity index (χ3n) is 3.81. The highest BCUT2D eigenvalue weighted by molar-refractivity contribution is 6.31. The largest absolute Gasteiger partial charge is 0.372 e. The van der Waals surface area contributed by atoms with Crippen LogP contribution in [0.4, 0.5) is 5.69 Å². The molecule has 1 aromatic carbocycles. The van der Waals surface area contributed by atoms with Crippen molar-refractivity contribution in [2.75, 3.05) is 18.5 Å². The summed E-state index contributed by atoms with van der Waals surface area (Å²) < 4.78 is 0. The lowest BCUT2D eigenvalue weighted by Crippen LogP contribution is -2.28. The summed E-state index contributed by atoms with van der Waals surface area (Å²) in [5.74, 6) is 0. The molecule has 2 unspecified atom stereocenters. The van der Waals surface area contributed by atoms with Gasteiger partial charge in [-0.3, -0.25) is 0 Å². The number of hydrogen-bond acceptors (Lipinski definition) is 2. The lowest BCUT2D eigenvalue weighted by atomic mass is 10.1. The Labute approximate surface area is 123 Å². The van der Waals surface area contributed by atoms with Crippen LogP contribution in [0.5, 0.6) is 0 Å². The van der Waals surface area contributed by atoms with Crippen molar-refractivity contribution in [1.82, 2.24) is 5.32 Å². The molecule has 3 heteroatoms. The SMILES string of the molecule is CCCNC(C)c1ccc(N(C)C(C)CC)cc1Cl. The molecular formula is C16H27ClN2. The molecule has 0 aromatic heterocycles. The number of benzene rings is 1. The van der Waals surface area contributed by atoms with E-state index in [1.807, 2.05) is 0 Å². The van der Waals surface area contributed by atoms with E-state index < -0.39 is 0 Å². The van der Waals surface area contributed by atoms with Gasteiger partial charge in [-0.1, -0.05) is 31.5 Å². The minimum atomic E-state index is 0.301. The summed E-state index contributed by atoms with van der Waals surface area (Å²) in [5.41, 5.74) is 2.36. The van der Waals surface area contributed by atoms with E-state index in [1.54, 1.807) is 0 Å². The number of nitrogens with one attached hydrogen (secondary N) is 1. The van der Waals surface area contributed by atoms with Crippen molar-refractivity contribution in [2.45, 2.75) is 52.6 Å². The monoisotopic (exact) mass is 282 g/mol. The third-order valence-corrected chi connectivity index (χ3v) is 4.14. The van der Waals surface area contributed by atoms with Crippen LogP contribution in [-0.2, 0) is 0 Å². The van der Waals surface area contributed by atoms with Crippen LogP contribution >= 0.6 is 11.6 Å². The van der Waals surface area contributed by atoms with Crippen molar-refractivity contribution in [2.24, 2.45) is 0 Å². The lowest BCUT2D eigenvalue weighted by Gasteiger charge is -2.27. The molecule has 0 amide bonds. The zero-order valence-corrected chi connectivity index (χ0v) is 13.6. The second kappa shape index (κ2) is 7.76. The maximum absolute atomic E-state index is 6.43. The first-order valence-electron chi connectivity index (χ1n) is 7.26. The van der Waals surface area contributed by atoms with E-state index in [9.17, 15) is 0 Å². The van der Waals surface area contributed by atoms with Gasteiger partial charge in [-0.15, -0.1) is 0 Å². The second-order valence-electron chi connectivity index (χ2n) is 5.25. The van der Waals surface area contributed by atoms with Crippen molar-refractivity contribution >= 4 is 17.3 Å². The molecule has 0 aliphatic rings. The normalized spacial score (nSPS) is 14.2. The summed E-state index contributed by atoms with van der Waals surface area (Å²) in [6.45, 7) is 9.79. The molecule has 108 valence electrons. The molecule has 0 fully saturated rings. The van der Waals surface area contributed by atoms with Gasteiger partial charge >= 0.3 is 0 Å². The van der Waals surface area contributed by atoms with E-state index in [-0.39, 0.29) is 0 Å². The predicted octanol–water partition coefficient (Wildman–Crippen LogP) is 4.64. The van der Waals surface area contributed by atoms with E-state index in [1.165, 1.54) is 11.3 Å². The molecule has 0 saturated carbocycles. The molecule has 1 aromatic rings. The van der Waals surface area contributed by atoms with E-state index in [4.69, 9.17) is 11.6 Å². The van der Waals surface area contributed by atoms with E-state index in [2.05, 4.69) is 63.2 Å². The average molecular weight is 283 g/mol. The van der Waals surface area contributed by atoms with Crippen LogP contribution in [0.2, 0.25) is 5.02 Å². The summed E-state index contributed by atoms with van der Waals surface area (Å²) in [6.07, 6.45) is 2.27. The smallest absolute Gasteiger partial charge is 0.0474 e. The minimum absolute atomic E-state index is 0.301. The van der Waals surface area contributed by atoms with Crippen LogP contribution in [0.1, 0.15) is 52.1 Å². The Morgan fingerprint density at radius 3 is 2.47 bits per heavy atom. The predicted molar refractivity (Wildman–Crippen MR) is 86.3 cm³/mol. The molecule has 0 heterocycles. The van der Waals surface area contributed by atoms with Crippen molar-refractivity contribution < 1.29 is 0 Å². The number of rotatable bonds is 7. The quantitative estimate of drug-likeness (QED) is 0.784. The average Bonchev–Trinajstić information content (AvgIpc) is 2.42. The van der Waals surface area contributed by atoms with Gasteiger partial charge in [-0.25, -0.2) is 0 Å². The van der Waals surface area contributed by atoms with Gasteiger partial charge in [0.1, 0.15) is 0 Å². The van der Waals surface area contributed by atoms with Crippen LogP contribution in [0.3, 0.4) is 0 Å². The van der Waals surface area contributed by atoms with Gasteiger partial charge in [-0.05, 0) is 50.9 Å². The summed E-state index contributed by atoms with van der Waals surface area (Å²) in [7, 11) is 2.12. The number of anilines is 1. The molecule has 0 bridgehead atoms. The second-order valence-corrected chi connectivity index (χ2v) is 5.66. The molecule has 0 aliphatic carbocycles. The van der Waals surface area contributed by atoms with Gasteiger partial charge in [0, 0.05) is 29.8 Å². The topological polar surface area (TPSA) is 15.3 Å². The van der Waals surface area contributed by atoms with Crippen molar-refractivity contribution in [3.63, 3.8) is 0 Å². The molecule has 0 radical (unpaired) electrons. The number of hydrogen-bond donors (Lipinski definition) is 1. The minimum Gasteiger partial charge on any atom is -0.372 e. The molecular weight excluding hydrogens is 256 g/mol. The molecule has 2 atom stereocenters. The number of nitrogens with zero attached hydrogens (tertiary/aromatic N) is 1. The van der Waals surface area contributed by atoms with E-state index in [0.29, 0.717) is 12.1 Å². The van der Waals surface area contributed by atoms with Gasteiger partial charge in [0.2, 0.25) is 0 Å². The van der Waals surface area contributed by atoms with Crippen LogP contribution in [-0.4, -0.2) is 19.6 Å². The fraction of sp³-hybridized carbons (Fsp3) is 0.625. The molecule has 0 aliphatic heterocycles. The molecule has 1 rings (SSSR count). The first-order chi connectivity index (χ1) is 9.01. The van der Waals surface area contributed by atoms with Gasteiger partial charge in [-0.2, -0.15) is 0 Å². The fourth-order valence-corrected chi connectivity index (χ4v) is 2.42. The van der Waals surface area contributed by atoms with Crippen LogP contribution in [0, 0.1) is 0 Å². The Balaban J connectivity index is 2.85. The van der Waals surface area contributed by atoms with Gasteiger partial charge in [0.15, 0.2) is 0 Å². The standard InChI is InChI=1S/C16H27ClN2/c1-6-10-18-13(4)15-9-8-14(11-16(15)17)19(5)12(3)7-2/h8-9,11-13,18H,6-7,10H2,1-5H3. The number of halogens is 1. The zero-order chi connectivity index (χ0) is 14.4. The van der Waals surface area contributed by atoms with E-state index in [0.717, 1.165) is 24.4 Å². The van der Waals surface area contributed by atoms with Crippen LogP contribution in [0.25, 0.3) is 0 Å². The van der Waals surface area contributed by atoms with Crippen LogP contribution < -0.4 is 10.2 Å². The molecule has 0 spiro atoms. The maximum Gasteiger partial charge on any atom is 0.0474 e. The molecule has 1 N–H and O–H groups in total. The van der Waals surface area contributed by atoms with E-state index >= 15 is 0 Å².